The lowest BCUT2D eigenvalue weighted by Gasteiger charge is -2.04. The van der Waals surface area contributed by atoms with Crippen molar-refractivity contribution >= 4 is 5.97 Å². The summed E-state index contributed by atoms with van der Waals surface area (Å²) in [5.74, 6) is -1.35. The van der Waals surface area contributed by atoms with E-state index in [0.29, 0.717) is 11.1 Å². The second-order valence-electron chi connectivity index (χ2n) is 3.70. The lowest BCUT2D eigenvalue weighted by Crippen LogP contribution is -1.99. The van der Waals surface area contributed by atoms with Gasteiger partial charge in [0, 0.05) is 6.20 Å². The molecule has 0 bridgehead atoms. The van der Waals surface area contributed by atoms with E-state index in [-0.39, 0.29) is 11.5 Å². The molecule has 0 aliphatic carbocycles. The summed E-state index contributed by atoms with van der Waals surface area (Å²) in [6.45, 7) is 1.66. The first-order valence-electron chi connectivity index (χ1n) is 5.04. The minimum absolute atomic E-state index is 0.0236. The number of carboxylic acids is 1. The minimum Gasteiger partial charge on any atom is -0.477 e. The number of nitrogens with zero attached hydrogens (tertiary/aromatic N) is 1. The maximum absolute atomic E-state index is 13.1. The van der Waals surface area contributed by atoms with Crippen LogP contribution in [0.4, 0.5) is 4.39 Å². The molecule has 3 nitrogen and oxygen atoms in total. The third-order valence-corrected chi connectivity index (χ3v) is 2.47. The minimum atomic E-state index is -1.08. The van der Waals surface area contributed by atoms with E-state index in [9.17, 15) is 9.18 Å². The van der Waals surface area contributed by atoms with Gasteiger partial charge in [0.1, 0.15) is 11.5 Å². The molecule has 86 valence electrons. The molecule has 0 fully saturated rings. The van der Waals surface area contributed by atoms with Gasteiger partial charge in [0.25, 0.3) is 0 Å². The molecule has 0 radical (unpaired) electrons. The predicted molar refractivity (Wildman–Crippen MR) is 61.3 cm³/mol. The number of rotatable bonds is 2. The number of halogens is 1. The summed E-state index contributed by atoms with van der Waals surface area (Å²) in [4.78, 5) is 14.5. The van der Waals surface area contributed by atoms with Crippen LogP contribution in [0.2, 0.25) is 0 Å². The van der Waals surface area contributed by atoms with Crippen molar-refractivity contribution < 1.29 is 14.3 Å². The average molecular weight is 231 g/mol. The molecule has 2 aromatic rings. The van der Waals surface area contributed by atoms with Crippen LogP contribution < -0.4 is 0 Å². The van der Waals surface area contributed by atoms with E-state index in [1.165, 1.54) is 18.3 Å². The van der Waals surface area contributed by atoms with E-state index < -0.39 is 5.97 Å². The van der Waals surface area contributed by atoms with Crippen molar-refractivity contribution in [3.63, 3.8) is 0 Å². The summed E-state index contributed by atoms with van der Waals surface area (Å²) in [5, 5.41) is 8.83. The molecule has 4 heteroatoms. The number of carbonyl (C=O) groups is 1. The van der Waals surface area contributed by atoms with Crippen molar-refractivity contribution in [3.05, 3.63) is 53.6 Å². The van der Waals surface area contributed by atoms with E-state index in [0.717, 1.165) is 5.56 Å². The van der Waals surface area contributed by atoms with Crippen molar-refractivity contribution in [1.82, 2.24) is 4.98 Å². The molecule has 0 aliphatic heterocycles. The van der Waals surface area contributed by atoms with Crippen LogP contribution in [0.25, 0.3) is 11.1 Å². The molecule has 1 heterocycles. The predicted octanol–water partition coefficient (Wildman–Crippen LogP) is 2.89. The van der Waals surface area contributed by atoms with E-state index >= 15 is 0 Å². The molecule has 0 amide bonds. The van der Waals surface area contributed by atoms with Gasteiger partial charge in [-0.2, -0.15) is 0 Å². The normalized spacial score (nSPS) is 10.2. The third-order valence-electron chi connectivity index (χ3n) is 2.47. The number of aromatic nitrogens is 1. The fraction of sp³-hybridized carbons (Fsp3) is 0.0769. The van der Waals surface area contributed by atoms with E-state index in [1.54, 1.807) is 25.1 Å². The molecule has 17 heavy (non-hydrogen) atoms. The summed E-state index contributed by atoms with van der Waals surface area (Å²) >= 11 is 0. The van der Waals surface area contributed by atoms with Gasteiger partial charge in [0.05, 0.1) is 0 Å². The maximum Gasteiger partial charge on any atom is 0.354 e. The molecule has 2 rings (SSSR count). The highest BCUT2D eigenvalue weighted by Crippen LogP contribution is 2.21. The monoisotopic (exact) mass is 231 g/mol. The van der Waals surface area contributed by atoms with Gasteiger partial charge in [0.2, 0.25) is 0 Å². The summed E-state index contributed by atoms with van der Waals surface area (Å²) in [7, 11) is 0. The second-order valence-corrected chi connectivity index (χ2v) is 3.70. The number of aromatic carboxylic acids is 1. The molecule has 1 aromatic heterocycles. The van der Waals surface area contributed by atoms with E-state index in [1.807, 2.05) is 0 Å². The number of carboxylic acid groups (broad SMARTS) is 1. The Morgan fingerprint density at radius 2 is 1.94 bits per heavy atom. The highest BCUT2D eigenvalue weighted by molar-refractivity contribution is 5.87. The largest absolute Gasteiger partial charge is 0.477 e. The van der Waals surface area contributed by atoms with Gasteiger partial charge >= 0.3 is 5.97 Å². The third kappa shape index (κ3) is 2.30. The molecular formula is C13H10FNO2. The Hall–Kier alpha value is -2.23. The van der Waals surface area contributed by atoms with Gasteiger partial charge in [-0.15, -0.1) is 0 Å². The Morgan fingerprint density at radius 3 is 2.59 bits per heavy atom. The Bertz CT molecular complexity index is 581. The van der Waals surface area contributed by atoms with Gasteiger partial charge in [-0.3, -0.25) is 0 Å². The molecule has 1 N–H and O–H groups in total. The molecular weight excluding hydrogens is 221 g/mol. The van der Waals surface area contributed by atoms with Gasteiger partial charge in [-0.25, -0.2) is 14.2 Å². The summed E-state index contributed by atoms with van der Waals surface area (Å²) in [6.07, 6.45) is 1.43. The van der Waals surface area contributed by atoms with Crippen LogP contribution in [-0.4, -0.2) is 16.1 Å². The lowest BCUT2D eigenvalue weighted by atomic mass is 10.0. The van der Waals surface area contributed by atoms with Gasteiger partial charge in [-0.05, 0) is 47.9 Å². The van der Waals surface area contributed by atoms with Crippen LogP contribution in [0, 0.1) is 12.7 Å². The van der Waals surface area contributed by atoms with E-state index in [2.05, 4.69) is 4.98 Å². The number of pyridine rings is 1. The zero-order chi connectivity index (χ0) is 12.4. The summed E-state index contributed by atoms with van der Waals surface area (Å²) in [6, 6.07) is 7.82. The zero-order valence-corrected chi connectivity index (χ0v) is 9.14. The van der Waals surface area contributed by atoms with Gasteiger partial charge in [-0.1, -0.05) is 6.07 Å². The summed E-state index contributed by atoms with van der Waals surface area (Å²) in [5.41, 5.74) is 1.98. The topological polar surface area (TPSA) is 50.2 Å². The fourth-order valence-corrected chi connectivity index (χ4v) is 1.55. The molecule has 0 saturated heterocycles. The van der Waals surface area contributed by atoms with Crippen molar-refractivity contribution in [2.24, 2.45) is 0 Å². The van der Waals surface area contributed by atoms with E-state index in [4.69, 9.17) is 5.11 Å². The molecule has 0 saturated carbocycles. The maximum atomic E-state index is 13.1. The standard InChI is InChI=1S/C13H10FNO2/c1-8-6-9(2-3-11(8)14)10-4-5-15-12(7-10)13(16)17/h2-7H,1H3,(H,16,17). The molecule has 0 atom stereocenters. The lowest BCUT2D eigenvalue weighted by molar-refractivity contribution is 0.0690. The van der Waals surface area contributed by atoms with Crippen LogP contribution in [0.15, 0.2) is 36.5 Å². The number of benzene rings is 1. The molecule has 0 spiro atoms. The Morgan fingerprint density at radius 1 is 1.24 bits per heavy atom. The molecule has 1 aromatic carbocycles. The smallest absolute Gasteiger partial charge is 0.354 e. The van der Waals surface area contributed by atoms with Crippen LogP contribution in [0.5, 0.6) is 0 Å². The molecule has 0 aliphatic rings. The Kier molecular flexibility index (Phi) is 2.87. The number of aryl methyl sites for hydroxylation is 1. The first-order chi connectivity index (χ1) is 8.08. The van der Waals surface area contributed by atoms with Crippen molar-refractivity contribution in [2.45, 2.75) is 6.92 Å². The van der Waals surface area contributed by atoms with Crippen molar-refractivity contribution in [2.75, 3.05) is 0 Å². The molecule has 0 unspecified atom stereocenters. The fourth-order valence-electron chi connectivity index (χ4n) is 1.55. The van der Waals surface area contributed by atoms with Crippen LogP contribution in [-0.2, 0) is 0 Å². The van der Waals surface area contributed by atoms with Gasteiger partial charge < -0.3 is 5.11 Å². The van der Waals surface area contributed by atoms with Crippen molar-refractivity contribution in [1.29, 1.82) is 0 Å². The quantitative estimate of drug-likeness (QED) is 0.864. The SMILES string of the molecule is Cc1cc(-c2ccnc(C(=O)O)c2)ccc1F. The second kappa shape index (κ2) is 4.33. The summed E-state index contributed by atoms with van der Waals surface area (Å²) < 4.78 is 13.1. The zero-order valence-electron chi connectivity index (χ0n) is 9.14. The first-order valence-corrected chi connectivity index (χ1v) is 5.04. The van der Waals surface area contributed by atoms with Crippen LogP contribution in [0.1, 0.15) is 16.1 Å². The van der Waals surface area contributed by atoms with Gasteiger partial charge in [0.15, 0.2) is 0 Å². The van der Waals surface area contributed by atoms with Crippen LogP contribution in [0.3, 0.4) is 0 Å². The Balaban J connectivity index is 2.49. The average Bonchev–Trinajstić information content (AvgIpc) is 2.33. The Labute approximate surface area is 97.6 Å². The first kappa shape index (κ1) is 11.3. The van der Waals surface area contributed by atoms with Crippen molar-refractivity contribution in [3.8, 4) is 11.1 Å². The number of hydrogen-bond acceptors (Lipinski definition) is 2. The van der Waals surface area contributed by atoms with Crippen LogP contribution >= 0.6 is 0 Å². The number of hydrogen-bond donors (Lipinski definition) is 1. The highest BCUT2D eigenvalue weighted by atomic mass is 19.1. The highest BCUT2D eigenvalue weighted by Gasteiger charge is 2.07.